The van der Waals surface area contributed by atoms with E-state index in [0.29, 0.717) is 24.2 Å². The van der Waals surface area contributed by atoms with Gasteiger partial charge in [-0.1, -0.05) is 0 Å². The summed E-state index contributed by atoms with van der Waals surface area (Å²) in [6.07, 6.45) is 10.5. The predicted molar refractivity (Wildman–Crippen MR) is 119 cm³/mol. The van der Waals surface area contributed by atoms with E-state index in [1.54, 1.807) is 5.57 Å². The number of carbonyl (C=O) groups excluding carboxylic acids is 1. The summed E-state index contributed by atoms with van der Waals surface area (Å²) in [6.45, 7) is 4.39. The third kappa shape index (κ3) is 3.50. The summed E-state index contributed by atoms with van der Waals surface area (Å²) in [5.74, 6) is 1.61. The van der Waals surface area contributed by atoms with E-state index in [4.69, 9.17) is 0 Å². The molecule has 4 heteroatoms. The Bertz CT molecular complexity index is 984. The Labute approximate surface area is 196 Å². The van der Waals surface area contributed by atoms with Gasteiger partial charge in [0.15, 0.2) is 0 Å². The van der Waals surface area contributed by atoms with Crippen molar-refractivity contribution in [3.05, 3.63) is 62.3 Å². The topological polar surface area (TPSA) is 57.5 Å². The zero-order valence-corrected chi connectivity index (χ0v) is 20.6. The number of ketones is 1. The SMILES string of the molecule is C[C@]1(O)CCC2C3CCC4=CC(=O)CCC4=C3[C@@H](c3ccc(/C=C\[I-]O)cc3)C[C@@]21C. The van der Waals surface area contributed by atoms with Gasteiger partial charge in [0.25, 0.3) is 0 Å². The molecular weight excluding hydrogens is 499 g/mol. The molecule has 2 saturated carbocycles. The molecule has 2 unspecified atom stereocenters. The van der Waals surface area contributed by atoms with Crippen LogP contribution in [0.1, 0.15) is 75.8 Å². The van der Waals surface area contributed by atoms with Gasteiger partial charge in [0.05, 0.1) is 0 Å². The second-order valence-electron chi connectivity index (χ2n) is 10.4. The first kappa shape index (κ1) is 21.6. The maximum absolute atomic E-state index is 12.1. The quantitative estimate of drug-likeness (QED) is 0.589. The molecular formula is C27H32IO3-. The summed E-state index contributed by atoms with van der Waals surface area (Å²) < 4.78 is 11.0. The van der Waals surface area contributed by atoms with Gasteiger partial charge in [-0.2, -0.15) is 0 Å². The van der Waals surface area contributed by atoms with Crippen LogP contribution in [0.25, 0.3) is 6.08 Å². The molecule has 0 amide bonds. The minimum atomic E-state index is -0.837. The van der Waals surface area contributed by atoms with Gasteiger partial charge in [-0.05, 0) is 0 Å². The Morgan fingerprint density at radius 1 is 1.10 bits per heavy atom. The Balaban J connectivity index is 1.63. The van der Waals surface area contributed by atoms with Crippen LogP contribution in [0.15, 0.2) is 51.1 Å². The molecule has 0 aliphatic heterocycles. The van der Waals surface area contributed by atoms with Gasteiger partial charge in [0.2, 0.25) is 0 Å². The fourth-order valence-corrected chi connectivity index (χ4v) is 7.70. The third-order valence-electron chi connectivity index (χ3n) is 8.95. The van der Waals surface area contributed by atoms with Gasteiger partial charge in [-0.3, -0.25) is 4.79 Å². The van der Waals surface area contributed by atoms with E-state index in [2.05, 4.69) is 38.1 Å². The van der Waals surface area contributed by atoms with E-state index >= 15 is 0 Å². The molecule has 166 valence electrons. The number of rotatable bonds is 3. The van der Waals surface area contributed by atoms with Crippen LogP contribution in [0, 0.1) is 17.3 Å². The van der Waals surface area contributed by atoms with Crippen molar-refractivity contribution in [1.82, 2.24) is 0 Å². The first-order chi connectivity index (χ1) is 14.8. The molecule has 0 radical (unpaired) electrons. The molecule has 0 aromatic heterocycles. The Morgan fingerprint density at radius 3 is 2.61 bits per heavy atom. The second-order valence-corrected chi connectivity index (χ2v) is 11.6. The number of halogens is 1. The van der Waals surface area contributed by atoms with Crippen molar-refractivity contribution in [3.63, 3.8) is 0 Å². The van der Waals surface area contributed by atoms with Crippen LogP contribution in [-0.4, -0.2) is 19.9 Å². The molecule has 2 N–H and O–H groups in total. The van der Waals surface area contributed by atoms with E-state index in [-0.39, 0.29) is 11.2 Å². The van der Waals surface area contributed by atoms with Gasteiger partial charge < -0.3 is 0 Å². The molecule has 3 nitrogen and oxygen atoms in total. The molecule has 0 heterocycles. The summed E-state index contributed by atoms with van der Waals surface area (Å²) in [6, 6.07) is 8.78. The molecule has 4 aliphatic carbocycles. The van der Waals surface area contributed by atoms with E-state index in [0.717, 1.165) is 44.1 Å². The van der Waals surface area contributed by atoms with Crippen LogP contribution in [0.4, 0.5) is 0 Å². The average Bonchev–Trinajstić information content (AvgIpc) is 3.00. The van der Waals surface area contributed by atoms with Crippen molar-refractivity contribution in [2.24, 2.45) is 17.3 Å². The summed E-state index contributed by atoms with van der Waals surface area (Å²) in [7, 11) is 0. The van der Waals surface area contributed by atoms with Crippen molar-refractivity contribution >= 4 is 11.9 Å². The minimum absolute atomic E-state index is 0.0853. The fourth-order valence-electron chi connectivity index (χ4n) is 7.12. The molecule has 1 aromatic carbocycles. The number of hydrogen-bond acceptors (Lipinski definition) is 3. The summed E-state index contributed by atoms with van der Waals surface area (Å²) in [5.41, 5.74) is 6.05. The van der Waals surface area contributed by atoms with Gasteiger partial charge in [-0.15, -0.1) is 0 Å². The van der Waals surface area contributed by atoms with Crippen LogP contribution in [0.3, 0.4) is 0 Å². The van der Waals surface area contributed by atoms with Crippen molar-refractivity contribution < 1.29 is 35.0 Å². The summed E-state index contributed by atoms with van der Waals surface area (Å²) in [5, 5.41) is 11.4. The molecule has 0 spiro atoms. The number of allylic oxidation sites excluding steroid dienone is 4. The average molecular weight is 531 g/mol. The molecule has 4 aliphatic rings. The Kier molecular flexibility index (Phi) is 5.55. The van der Waals surface area contributed by atoms with Crippen LogP contribution in [-0.2, 0) is 4.79 Å². The zero-order chi connectivity index (χ0) is 21.8. The fraction of sp³-hybridized carbons (Fsp3) is 0.519. The third-order valence-corrected chi connectivity index (χ3v) is 9.63. The molecule has 0 bridgehead atoms. The van der Waals surface area contributed by atoms with Crippen LogP contribution in [0.5, 0.6) is 0 Å². The Morgan fingerprint density at radius 2 is 1.87 bits per heavy atom. The number of aliphatic hydroxyl groups is 1. The summed E-state index contributed by atoms with van der Waals surface area (Å²) >= 11 is -0.837. The normalized spacial score (nSPS) is 37.6. The monoisotopic (exact) mass is 531 g/mol. The predicted octanol–water partition coefficient (Wildman–Crippen LogP) is 2.30. The summed E-state index contributed by atoms with van der Waals surface area (Å²) in [4.78, 5) is 12.1. The molecule has 1 aromatic rings. The van der Waals surface area contributed by atoms with E-state index < -0.39 is 27.2 Å². The standard InChI is InChI=1S/C27H32IO3/c1-26-16-23(18-5-3-17(4-6-18)12-14-28-31)25-21-10-8-20(29)15-19(21)7-9-22(25)24(26)11-13-27(26,2)30/h3-6,12,14-15,22-24,30-31H,7-11,13,16H2,1-2H3/q-1/b14-12-/t22?,23-,24?,26+,27+/m1/s1. The van der Waals surface area contributed by atoms with Gasteiger partial charge in [0, 0.05) is 0 Å². The van der Waals surface area contributed by atoms with Crippen LogP contribution in [0.2, 0.25) is 0 Å². The number of benzene rings is 1. The molecule has 5 rings (SSSR count). The molecule has 0 saturated heterocycles. The van der Waals surface area contributed by atoms with Gasteiger partial charge >= 0.3 is 192 Å². The number of carbonyl (C=O) groups is 1. The number of hydrogen-bond donors (Lipinski definition) is 2. The van der Waals surface area contributed by atoms with Crippen molar-refractivity contribution in [1.29, 1.82) is 0 Å². The van der Waals surface area contributed by atoms with Crippen LogP contribution >= 0.6 is 0 Å². The van der Waals surface area contributed by atoms with Crippen LogP contribution < -0.4 is 21.6 Å². The van der Waals surface area contributed by atoms with Crippen molar-refractivity contribution in [2.75, 3.05) is 0 Å². The van der Waals surface area contributed by atoms with Gasteiger partial charge in [0.1, 0.15) is 0 Å². The Hall–Kier alpha value is -1.24. The zero-order valence-electron chi connectivity index (χ0n) is 18.4. The first-order valence-electron chi connectivity index (χ1n) is 11.6. The molecule has 2 fully saturated rings. The maximum atomic E-state index is 12.1. The van der Waals surface area contributed by atoms with Gasteiger partial charge in [-0.25, -0.2) is 0 Å². The molecule has 5 atom stereocenters. The second kappa shape index (κ2) is 7.96. The van der Waals surface area contributed by atoms with E-state index in [9.17, 15) is 13.3 Å². The van der Waals surface area contributed by atoms with Crippen molar-refractivity contribution in [2.45, 2.75) is 70.3 Å². The van der Waals surface area contributed by atoms with E-state index in [1.165, 1.54) is 16.7 Å². The number of fused-ring (bicyclic) bond motifs is 4. The van der Waals surface area contributed by atoms with Crippen molar-refractivity contribution in [3.8, 4) is 0 Å². The molecule has 31 heavy (non-hydrogen) atoms. The van der Waals surface area contributed by atoms with E-state index in [1.807, 2.05) is 16.2 Å². The first-order valence-corrected chi connectivity index (χ1v) is 13.8.